The standard InChI is InChI=1S/C20H16FN5O/c21-14-3-1-4-15(10-14)25-19-7-6-13(12-24-19)9-16-11-18(27-26-16)17-5-2-8-23-20(17)22/h1-8,10-12H,9H2,(H2,22,23)(H,24,25). The number of anilines is 3. The molecule has 4 aromatic rings. The van der Waals surface area contributed by atoms with Crippen molar-refractivity contribution in [1.29, 1.82) is 0 Å². The van der Waals surface area contributed by atoms with E-state index in [2.05, 4.69) is 20.4 Å². The Kier molecular flexibility index (Phi) is 4.49. The van der Waals surface area contributed by atoms with Gasteiger partial charge in [0.05, 0.1) is 11.3 Å². The lowest BCUT2D eigenvalue weighted by Gasteiger charge is -2.06. The maximum atomic E-state index is 13.2. The van der Waals surface area contributed by atoms with Crippen molar-refractivity contribution in [3.05, 3.63) is 84.1 Å². The molecule has 0 saturated carbocycles. The monoisotopic (exact) mass is 361 g/mol. The highest BCUT2D eigenvalue weighted by molar-refractivity contribution is 5.69. The molecule has 4 rings (SSSR count). The van der Waals surface area contributed by atoms with Gasteiger partial charge in [-0.05, 0) is 42.0 Å². The average molecular weight is 361 g/mol. The molecule has 0 amide bonds. The maximum Gasteiger partial charge on any atom is 0.170 e. The fourth-order valence-electron chi connectivity index (χ4n) is 2.67. The summed E-state index contributed by atoms with van der Waals surface area (Å²) in [5.41, 5.74) is 8.96. The van der Waals surface area contributed by atoms with Crippen molar-refractivity contribution in [3.63, 3.8) is 0 Å². The number of aromatic nitrogens is 3. The SMILES string of the molecule is Nc1ncccc1-c1cc(Cc2ccc(Nc3cccc(F)c3)nc2)no1. The summed E-state index contributed by atoms with van der Waals surface area (Å²) in [6, 6.07) is 15.5. The topological polar surface area (TPSA) is 89.9 Å². The van der Waals surface area contributed by atoms with Gasteiger partial charge in [0.1, 0.15) is 17.5 Å². The Bertz CT molecular complexity index is 1060. The van der Waals surface area contributed by atoms with Crippen LogP contribution in [0.2, 0.25) is 0 Å². The molecule has 7 heteroatoms. The first-order chi connectivity index (χ1) is 13.2. The van der Waals surface area contributed by atoms with Crippen LogP contribution in [0.15, 0.2) is 71.5 Å². The normalized spacial score (nSPS) is 10.7. The summed E-state index contributed by atoms with van der Waals surface area (Å²) in [6.07, 6.45) is 3.94. The molecule has 0 spiro atoms. The summed E-state index contributed by atoms with van der Waals surface area (Å²) in [5.74, 6) is 1.31. The van der Waals surface area contributed by atoms with E-state index in [-0.39, 0.29) is 5.82 Å². The predicted octanol–water partition coefficient (Wildman–Crippen LogP) is 4.19. The molecule has 0 aliphatic heterocycles. The molecule has 3 N–H and O–H groups in total. The lowest BCUT2D eigenvalue weighted by atomic mass is 10.1. The highest BCUT2D eigenvalue weighted by Gasteiger charge is 2.11. The number of rotatable bonds is 5. The third kappa shape index (κ3) is 3.92. The average Bonchev–Trinajstić information content (AvgIpc) is 3.12. The van der Waals surface area contributed by atoms with Gasteiger partial charge >= 0.3 is 0 Å². The van der Waals surface area contributed by atoms with E-state index in [0.717, 1.165) is 11.3 Å². The minimum atomic E-state index is -0.298. The number of nitrogens with zero attached hydrogens (tertiary/aromatic N) is 3. The number of benzene rings is 1. The zero-order valence-electron chi connectivity index (χ0n) is 14.3. The van der Waals surface area contributed by atoms with E-state index in [1.807, 2.05) is 24.3 Å². The second-order valence-electron chi connectivity index (χ2n) is 5.98. The molecule has 3 aromatic heterocycles. The molecule has 0 saturated heterocycles. The second-order valence-corrected chi connectivity index (χ2v) is 5.98. The molecule has 0 atom stereocenters. The van der Waals surface area contributed by atoms with Crippen LogP contribution in [0.4, 0.5) is 21.7 Å². The smallest absolute Gasteiger partial charge is 0.170 e. The highest BCUT2D eigenvalue weighted by atomic mass is 19.1. The second kappa shape index (κ2) is 7.25. The molecule has 0 aliphatic carbocycles. The molecule has 0 radical (unpaired) electrons. The van der Waals surface area contributed by atoms with E-state index in [1.54, 1.807) is 30.6 Å². The van der Waals surface area contributed by atoms with Crippen molar-refractivity contribution in [3.8, 4) is 11.3 Å². The number of halogens is 1. The van der Waals surface area contributed by atoms with Gasteiger partial charge in [0.2, 0.25) is 0 Å². The Morgan fingerprint density at radius 1 is 1.04 bits per heavy atom. The molecule has 6 nitrogen and oxygen atoms in total. The van der Waals surface area contributed by atoms with E-state index in [4.69, 9.17) is 10.3 Å². The van der Waals surface area contributed by atoms with Crippen molar-refractivity contribution in [2.45, 2.75) is 6.42 Å². The number of nitrogen functional groups attached to an aromatic ring is 1. The minimum Gasteiger partial charge on any atom is -0.383 e. The van der Waals surface area contributed by atoms with Gasteiger partial charge in [-0.3, -0.25) is 0 Å². The van der Waals surface area contributed by atoms with Gasteiger partial charge in [0.25, 0.3) is 0 Å². The summed E-state index contributed by atoms with van der Waals surface area (Å²) in [5, 5.41) is 7.15. The van der Waals surface area contributed by atoms with Crippen molar-refractivity contribution in [1.82, 2.24) is 15.1 Å². The fourth-order valence-corrected chi connectivity index (χ4v) is 2.67. The van der Waals surface area contributed by atoms with Crippen LogP contribution in [0.1, 0.15) is 11.3 Å². The zero-order chi connectivity index (χ0) is 18.6. The fraction of sp³-hybridized carbons (Fsp3) is 0.0500. The predicted molar refractivity (Wildman–Crippen MR) is 101 cm³/mol. The van der Waals surface area contributed by atoms with E-state index >= 15 is 0 Å². The number of hydrogen-bond acceptors (Lipinski definition) is 6. The molecule has 0 aliphatic rings. The lowest BCUT2D eigenvalue weighted by molar-refractivity contribution is 0.425. The van der Waals surface area contributed by atoms with Crippen LogP contribution in [-0.4, -0.2) is 15.1 Å². The Morgan fingerprint density at radius 2 is 1.96 bits per heavy atom. The van der Waals surface area contributed by atoms with Crippen LogP contribution in [0.5, 0.6) is 0 Å². The Balaban J connectivity index is 1.45. The van der Waals surface area contributed by atoms with E-state index in [9.17, 15) is 4.39 Å². The Morgan fingerprint density at radius 3 is 2.74 bits per heavy atom. The first-order valence-corrected chi connectivity index (χ1v) is 8.31. The largest absolute Gasteiger partial charge is 0.383 e. The van der Waals surface area contributed by atoms with Crippen LogP contribution in [0, 0.1) is 5.82 Å². The van der Waals surface area contributed by atoms with Gasteiger partial charge in [-0.25, -0.2) is 14.4 Å². The van der Waals surface area contributed by atoms with Crippen LogP contribution >= 0.6 is 0 Å². The summed E-state index contributed by atoms with van der Waals surface area (Å²) in [6.45, 7) is 0. The highest BCUT2D eigenvalue weighted by Crippen LogP contribution is 2.25. The zero-order valence-corrected chi connectivity index (χ0v) is 14.3. The van der Waals surface area contributed by atoms with Crippen LogP contribution < -0.4 is 11.1 Å². The number of nitrogens with one attached hydrogen (secondary N) is 1. The quantitative estimate of drug-likeness (QED) is 0.554. The number of nitrogens with two attached hydrogens (primary N) is 1. The lowest BCUT2D eigenvalue weighted by Crippen LogP contribution is -1.95. The van der Waals surface area contributed by atoms with E-state index < -0.39 is 0 Å². The van der Waals surface area contributed by atoms with Gasteiger partial charge in [-0.2, -0.15) is 0 Å². The maximum absolute atomic E-state index is 13.2. The molecule has 1 aromatic carbocycles. The van der Waals surface area contributed by atoms with Crippen molar-refractivity contribution >= 4 is 17.3 Å². The molecular formula is C20H16FN5O. The first-order valence-electron chi connectivity index (χ1n) is 8.31. The Labute approximate surface area is 154 Å². The molecule has 0 fully saturated rings. The van der Waals surface area contributed by atoms with Crippen LogP contribution in [0.25, 0.3) is 11.3 Å². The van der Waals surface area contributed by atoms with Crippen molar-refractivity contribution < 1.29 is 8.91 Å². The Hall–Kier alpha value is -3.74. The number of pyridine rings is 2. The molecular weight excluding hydrogens is 345 g/mol. The van der Waals surface area contributed by atoms with Crippen molar-refractivity contribution in [2.75, 3.05) is 11.1 Å². The van der Waals surface area contributed by atoms with E-state index in [0.29, 0.717) is 35.1 Å². The molecule has 27 heavy (non-hydrogen) atoms. The number of hydrogen-bond donors (Lipinski definition) is 2. The summed E-state index contributed by atoms with van der Waals surface area (Å²) >= 11 is 0. The van der Waals surface area contributed by atoms with Gasteiger partial charge < -0.3 is 15.6 Å². The van der Waals surface area contributed by atoms with Gasteiger partial charge in [0, 0.05) is 30.6 Å². The van der Waals surface area contributed by atoms with Gasteiger partial charge in [-0.1, -0.05) is 17.3 Å². The molecule has 134 valence electrons. The van der Waals surface area contributed by atoms with Gasteiger partial charge in [-0.15, -0.1) is 0 Å². The third-order valence-electron chi connectivity index (χ3n) is 3.97. The van der Waals surface area contributed by atoms with Crippen molar-refractivity contribution in [2.24, 2.45) is 0 Å². The summed E-state index contributed by atoms with van der Waals surface area (Å²) in [7, 11) is 0. The summed E-state index contributed by atoms with van der Waals surface area (Å²) in [4.78, 5) is 8.40. The summed E-state index contributed by atoms with van der Waals surface area (Å²) < 4.78 is 18.6. The van der Waals surface area contributed by atoms with E-state index in [1.165, 1.54) is 12.1 Å². The molecule has 3 heterocycles. The minimum absolute atomic E-state index is 0.298. The van der Waals surface area contributed by atoms with Crippen LogP contribution in [-0.2, 0) is 6.42 Å². The molecule has 0 bridgehead atoms. The van der Waals surface area contributed by atoms with Crippen LogP contribution in [0.3, 0.4) is 0 Å². The van der Waals surface area contributed by atoms with Gasteiger partial charge in [0.15, 0.2) is 5.76 Å². The third-order valence-corrected chi connectivity index (χ3v) is 3.97. The first kappa shape index (κ1) is 16.7. The molecule has 0 unspecified atom stereocenters.